The van der Waals surface area contributed by atoms with E-state index in [1.54, 1.807) is 18.4 Å². The van der Waals surface area contributed by atoms with Gasteiger partial charge in [-0.25, -0.2) is 0 Å². The average molecular weight is 379 g/mol. The molecule has 1 atom stereocenters. The maximum absolute atomic E-state index is 12.6. The van der Waals surface area contributed by atoms with Crippen LogP contribution in [0.2, 0.25) is 0 Å². The molecule has 2 aromatic rings. The van der Waals surface area contributed by atoms with Crippen molar-refractivity contribution < 1.29 is 9.53 Å². The molecular weight excluding hydrogens is 364 g/mol. The molecule has 2 aliphatic rings. The van der Waals surface area contributed by atoms with Gasteiger partial charge in [0, 0.05) is 14.9 Å². The summed E-state index contributed by atoms with van der Waals surface area (Å²) >= 11 is 5.20. The molecule has 114 valence electrons. The number of rotatable bonds is 2. The number of methoxy groups -OCH3 is 1. The van der Waals surface area contributed by atoms with Crippen LogP contribution in [0, 0.1) is 0 Å². The predicted octanol–water partition coefficient (Wildman–Crippen LogP) is 3.86. The summed E-state index contributed by atoms with van der Waals surface area (Å²) in [5.41, 5.74) is 3.01. The van der Waals surface area contributed by atoms with Crippen molar-refractivity contribution in [2.45, 2.75) is 25.4 Å². The van der Waals surface area contributed by atoms with E-state index in [1.807, 2.05) is 18.2 Å². The molecule has 0 spiro atoms. The lowest BCUT2D eigenvalue weighted by molar-refractivity contribution is 0.0935. The number of benzene rings is 1. The first-order valence-electron chi connectivity index (χ1n) is 7.22. The summed E-state index contributed by atoms with van der Waals surface area (Å²) in [6.45, 7) is 0. The van der Waals surface area contributed by atoms with Crippen molar-refractivity contribution in [1.82, 2.24) is 5.32 Å². The van der Waals surface area contributed by atoms with Gasteiger partial charge in [-0.3, -0.25) is 4.79 Å². The van der Waals surface area contributed by atoms with Crippen LogP contribution in [0.25, 0.3) is 0 Å². The zero-order valence-corrected chi connectivity index (χ0v) is 14.4. The van der Waals surface area contributed by atoms with E-state index in [9.17, 15) is 4.79 Å². The number of aryl methyl sites for hydroxylation is 1. The van der Waals surface area contributed by atoms with Crippen LogP contribution >= 0.6 is 27.3 Å². The molecule has 1 amide bonds. The third kappa shape index (κ3) is 2.13. The number of halogens is 1. The van der Waals surface area contributed by atoms with E-state index >= 15 is 0 Å². The minimum Gasteiger partial charge on any atom is -0.496 e. The fraction of sp³-hybridized carbons (Fsp3) is 0.312. The maximum atomic E-state index is 12.6. The SMILES string of the molecule is COc1ccc(Br)cc1[C@H]1NC(=O)c2c(sc3c2CCC3)N1. The second-order valence-electron chi connectivity index (χ2n) is 5.50. The first-order valence-corrected chi connectivity index (χ1v) is 8.83. The molecule has 0 fully saturated rings. The normalized spacial score (nSPS) is 19.2. The molecule has 1 aromatic carbocycles. The average Bonchev–Trinajstić information content (AvgIpc) is 3.07. The molecule has 1 aliphatic carbocycles. The number of nitrogens with one attached hydrogen (secondary N) is 2. The highest BCUT2D eigenvalue weighted by Crippen LogP contribution is 2.43. The molecule has 1 aliphatic heterocycles. The van der Waals surface area contributed by atoms with Crippen molar-refractivity contribution in [2.24, 2.45) is 0 Å². The lowest BCUT2D eigenvalue weighted by Crippen LogP contribution is -2.38. The predicted molar refractivity (Wildman–Crippen MR) is 90.9 cm³/mol. The van der Waals surface area contributed by atoms with Gasteiger partial charge < -0.3 is 15.4 Å². The number of carbonyl (C=O) groups excluding carboxylic acids is 1. The minimum atomic E-state index is -0.272. The van der Waals surface area contributed by atoms with Gasteiger partial charge in [-0.2, -0.15) is 0 Å². The minimum absolute atomic E-state index is 0.0141. The summed E-state index contributed by atoms with van der Waals surface area (Å²) in [5, 5.41) is 7.51. The molecular formula is C16H15BrN2O2S. The Kier molecular flexibility index (Phi) is 3.38. The first kappa shape index (κ1) is 14.1. The number of fused-ring (bicyclic) bond motifs is 3. The molecule has 4 rings (SSSR count). The van der Waals surface area contributed by atoms with Crippen LogP contribution in [0.1, 0.15) is 38.9 Å². The number of amides is 1. The third-order valence-electron chi connectivity index (χ3n) is 4.20. The second-order valence-corrected chi connectivity index (χ2v) is 7.52. The Labute approximate surface area is 141 Å². The monoisotopic (exact) mass is 378 g/mol. The number of ether oxygens (including phenoxy) is 1. The number of hydrogen-bond acceptors (Lipinski definition) is 4. The number of hydrogen-bond donors (Lipinski definition) is 2. The van der Waals surface area contributed by atoms with Gasteiger partial charge in [-0.1, -0.05) is 15.9 Å². The summed E-state index contributed by atoms with van der Waals surface area (Å²) in [5.74, 6) is 0.772. The topological polar surface area (TPSA) is 50.4 Å². The van der Waals surface area contributed by atoms with Crippen LogP contribution in [0.5, 0.6) is 5.75 Å². The Bertz CT molecular complexity index is 772. The van der Waals surface area contributed by atoms with Crippen molar-refractivity contribution in [3.8, 4) is 5.75 Å². The quantitative estimate of drug-likeness (QED) is 0.833. The van der Waals surface area contributed by atoms with Crippen LogP contribution < -0.4 is 15.4 Å². The summed E-state index contributed by atoms with van der Waals surface area (Å²) in [7, 11) is 1.64. The first-order chi connectivity index (χ1) is 10.7. The van der Waals surface area contributed by atoms with E-state index in [-0.39, 0.29) is 12.1 Å². The fourth-order valence-corrected chi connectivity index (χ4v) is 4.90. The van der Waals surface area contributed by atoms with Crippen molar-refractivity contribution in [3.05, 3.63) is 44.2 Å². The largest absolute Gasteiger partial charge is 0.496 e. The Morgan fingerprint density at radius 3 is 3.00 bits per heavy atom. The van der Waals surface area contributed by atoms with Crippen LogP contribution in [-0.2, 0) is 12.8 Å². The van der Waals surface area contributed by atoms with Gasteiger partial charge >= 0.3 is 0 Å². The maximum Gasteiger partial charge on any atom is 0.256 e. The van der Waals surface area contributed by atoms with E-state index in [4.69, 9.17) is 4.74 Å². The Morgan fingerprint density at radius 1 is 1.32 bits per heavy atom. The molecule has 22 heavy (non-hydrogen) atoms. The van der Waals surface area contributed by atoms with E-state index in [2.05, 4.69) is 26.6 Å². The van der Waals surface area contributed by atoms with E-state index < -0.39 is 0 Å². The van der Waals surface area contributed by atoms with Gasteiger partial charge in [0.15, 0.2) is 0 Å². The molecule has 0 saturated heterocycles. The highest BCUT2D eigenvalue weighted by atomic mass is 79.9. The third-order valence-corrected chi connectivity index (χ3v) is 5.92. The molecule has 0 bridgehead atoms. The number of anilines is 1. The van der Waals surface area contributed by atoms with E-state index in [0.717, 1.165) is 45.6 Å². The van der Waals surface area contributed by atoms with Crippen molar-refractivity contribution in [2.75, 3.05) is 12.4 Å². The summed E-state index contributed by atoms with van der Waals surface area (Å²) < 4.78 is 6.39. The van der Waals surface area contributed by atoms with Gasteiger partial charge in [0.05, 0.1) is 12.7 Å². The van der Waals surface area contributed by atoms with Gasteiger partial charge in [0.2, 0.25) is 0 Å². The zero-order chi connectivity index (χ0) is 15.3. The zero-order valence-electron chi connectivity index (χ0n) is 12.0. The highest BCUT2D eigenvalue weighted by molar-refractivity contribution is 9.10. The van der Waals surface area contributed by atoms with Gasteiger partial charge in [0.1, 0.15) is 16.9 Å². The molecule has 2 N–H and O–H groups in total. The summed E-state index contributed by atoms with van der Waals surface area (Å²) in [6.07, 6.45) is 2.99. The number of carbonyl (C=O) groups is 1. The van der Waals surface area contributed by atoms with E-state index in [0.29, 0.717) is 0 Å². The molecule has 2 heterocycles. The Balaban J connectivity index is 1.75. The summed E-state index contributed by atoms with van der Waals surface area (Å²) in [6, 6.07) is 5.80. The fourth-order valence-electron chi connectivity index (χ4n) is 3.20. The Morgan fingerprint density at radius 2 is 2.18 bits per heavy atom. The summed E-state index contributed by atoms with van der Waals surface area (Å²) in [4.78, 5) is 13.9. The second kappa shape index (κ2) is 5.28. The highest BCUT2D eigenvalue weighted by Gasteiger charge is 2.33. The smallest absolute Gasteiger partial charge is 0.256 e. The van der Waals surface area contributed by atoms with Crippen molar-refractivity contribution in [3.63, 3.8) is 0 Å². The molecule has 0 unspecified atom stereocenters. The van der Waals surface area contributed by atoms with Gasteiger partial charge in [-0.05, 0) is 43.0 Å². The standard InChI is InChI=1S/C16H15BrN2O2S/c1-21-11-6-5-8(17)7-10(11)14-18-15(20)13-9-3-2-4-12(9)22-16(13)19-14/h5-7,14,19H,2-4H2,1H3,(H,18,20)/t14-/m0/s1. The van der Waals surface area contributed by atoms with E-state index in [1.165, 1.54) is 10.4 Å². The molecule has 6 heteroatoms. The van der Waals surface area contributed by atoms with Crippen molar-refractivity contribution >= 4 is 38.2 Å². The van der Waals surface area contributed by atoms with Crippen LogP contribution in [0.4, 0.5) is 5.00 Å². The molecule has 4 nitrogen and oxygen atoms in total. The van der Waals surface area contributed by atoms with Crippen molar-refractivity contribution in [1.29, 1.82) is 0 Å². The lowest BCUT2D eigenvalue weighted by atomic mass is 10.1. The van der Waals surface area contributed by atoms with Crippen LogP contribution in [0.3, 0.4) is 0 Å². The van der Waals surface area contributed by atoms with Gasteiger partial charge in [0.25, 0.3) is 5.91 Å². The van der Waals surface area contributed by atoms with Crippen LogP contribution in [0.15, 0.2) is 22.7 Å². The lowest BCUT2D eigenvalue weighted by Gasteiger charge is -2.27. The number of thiophene rings is 1. The molecule has 0 saturated carbocycles. The van der Waals surface area contributed by atoms with Crippen LogP contribution in [-0.4, -0.2) is 13.0 Å². The Hall–Kier alpha value is -1.53. The molecule has 0 radical (unpaired) electrons. The molecule has 1 aromatic heterocycles. The van der Waals surface area contributed by atoms with Gasteiger partial charge in [-0.15, -0.1) is 11.3 Å².